The van der Waals surface area contributed by atoms with E-state index in [-0.39, 0.29) is 6.03 Å². The zero-order valence-electron chi connectivity index (χ0n) is 12.7. The molecule has 116 valence electrons. The first kappa shape index (κ1) is 16.8. The topological polar surface area (TPSA) is 70.1 Å². The Hall–Kier alpha value is -1.30. The molecule has 0 aromatic rings. The van der Waals surface area contributed by atoms with Crippen LogP contribution in [0.1, 0.15) is 26.7 Å². The lowest BCUT2D eigenvalue weighted by molar-refractivity contribution is -0.143. The number of amides is 2. The normalized spacial score (nSPS) is 19.2. The summed E-state index contributed by atoms with van der Waals surface area (Å²) in [5, 5.41) is 9.09. The molecule has 0 radical (unpaired) electrons. The minimum absolute atomic E-state index is 0.0679. The summed E-state index contributed by atoms with van der Waals surface area (Å²) in [5.74, 6) is -0.873. The number of ether oxygens (including phenoxy) is 1. The maximum Gasteiger partial charge on any atom is 0.320 e. The Morgan fingerprint density at radius 2 is 2.15 bits per heavy atom. The fraction of sp³-hybridized carbons (Fsp3) is 0.857. The fourth-order valence-electron chi connectivity index (χ4n) is 2.46. The highest BCUT2D eigenvalue weighted by atomic mass is 16.5. The van der Waals surface area contributed by atoms with Crippen LogP contribution in [0.25, 0.3) is 0 Å². The lowest BCUT2D eigenvalue weighted by Gasteiger charge is -2.35. The molecule has 1 N–H and O–H groups in total. The third-order valence-electron chi connectivity index (χ3n) is 3.46. The third kappa shape index (κ3) is 5.00. The lowest BCUT2D eigenvalue weighted by atomic mass is 9.98. The molecule has 6 heteroatoms. The number of rotatable bonds is 6. The average Bonchev–Trinajstić information content (AvgIpc) is 2.42. The predicted octanol–water partition coefficient (Wildman–Crippen LogP) is 1.51. The number of carbonyl (C=O) groups is 2. The number of piperidine rings is 1. The van der Waals surface area contributed by atoms with Crippen molar-refractivity contribution in [1.82, 2.24) is 9.80 Å². The SMILES string of the molecule is COCCN(CC(C)C)C(=O)N1CCCC(C(=O)O)C1. The highest BCUT2D eigenvalue weighted by Gasteiger charge is 2.30. The minimum Gasteiger partial charge on any atom is -0.481 e. The summed E-state index contributed by atoms with van der Waals surface area (Å²) in [6, 6.07) is -0.0679. The summed E-state index contributed by atoms with van der Waals surface area (Å²) in [7, 11) is 1.61. The Balaban J connectivity index is 2.64. The Bertz CT molecular complexity index is 333. The second-order valence-electron chi connectivity index (χ2n) is 5.74. The van der Waals surface area contributed by atoms with Crippen LogP contribution in [0.3, 0.4) is 0 Å². The third-order valence-corrected chi connectivity index (χ3v) is 3.46. The van der Waals surface area contributed by atoms with Crippen molar-refractivity contribution in [3.8, 4) is 0 Å². The summed E-state index contributed by atoms with van der Waals surface area (Å²) >= 11 is 0. The van der Waals surface area contributed by atoms with Crippen molar-refractivity contribution >= 4 is 12.0 Å². The summed E-state index contributed by atoms with van der Waals surface area (Å²) in [5.41, 5.74) is 0. The average molecular weight is 286 g/mol. The van der Waals surface area contributed by atoms with Crippen molar-refractivity contribution < 1.29 is 19.4 Å². The van der Waals surface area contributed by atoms with Crippen LogP contribution in [-0.4, -0.2) is 66.8 Å². The van der Waals surface area contributed by atoms with E-state index in [1.165, 1.54) is 0 Å². The van der Waals surface area contributed by atoms with Gasteiger partial charge in [0.1, 0.15) is 0 Å². The van der Waals surface area contributed by atoms with Gasteiger partial charge in [0.25, 0.3) is 0 Å². The minimum atomic E-state index is -0.810. The molecule has 6 nitrogen and oxygen atoms in total. The number of hydrogen-bond acceptors (Lipinski definition) is 3. The molecule has 1 aliphatic rings. The van der Waals surface area contributed by atoms with Crippen LogP contribution in [0, 0.1) is 11.8 Å². The van der Waals surface area contributed by atoms with Crippen molar-refractivity contribution in [3.63, 3.8) is 0 Å². The highest BCUT2D eigenvalue weighted by Crippen LogP contribution is 2.18. The number of likely N-dealkylation sites (tertiary alicyclic amines) is 1. The van der Waals surface area contributed by atoms with Gasteiger partial charge in [-0.3, -0.25) is 4.79 Å². The Morgan fingerprint density at radius 1 is 1.45 bits per heavy atom. The number of hydrogen-bond donors (Lipinski definition) is 1. The van der Waals surface area contributed by atoms with Gasteiger partial charge in [0.05, 0.1) is 12.5 Å². The van der Waals surface area contributed by atoms with Crippen LogP contribution >= 0.6 is 0 Å². The molecule has 1 unspecified atom stereocenters. The van der Waals surface area contributed by atoms with Gasteiger partial charge in [0.15, 0.2) is 0 Å². The smallest absolute Gasteiger partial charge is 0.320 e. The summed E-state index contributed by atoms with van der Waals surface area (Å²) in [4.78, 5) is 27.0. The van der Waals surface area contributed by atoms with Crippen molar-refractivity contribution in [2.45, 2.75) is 26.7 Å². The summed E-state index contributed by atoms with van der Waals surface area (Å²) in [6.07, 6.45) is 1.41. The first-order valence-corrected chi connectivity index (χ1v) is 7.21. The van der Waals surface area contributed by atoms with E-state index in [0.717, 1.165) is 6.42 Å². The molecular weight excluding hydrogens is 260 g/mol. The Morgan fingerprint density at radius 3 is 2.70 bits per heavy atom. The highest BCUT2D eigenvalue weighted by molar-refractivity contribution is 5.76. The monoisotopic (exact) mass is 286 g/mol. The molecular formula is C14H26N2O4. The van der Waals surface area contributed by atoms with Crippen LogP contribution in [0.5, 0.6) is 0 Å². The van der Waals surface area contributed by atoms with Gasteiger partial charge >= 0.3 is 12.0 Å². The first-order valence-electron chi connectivity index (χ1n) is 7.21. The molecule has 1 aliphatic heterocycles. The van der Waals surface area contributed by atoms with Gasteiger partial charge in [-0.15, -0.1) is 0 Å². The number of urea groups is 1. The molecule has 0 aromatic heterocycles. The second kappa shape index (κ2) is 8.09. The maximum atomic E-state index is 12.5. The van der Waals surface area contributed by atoms with E-state index in [9.17, 15) is 9.59 Å². The molecule has 1 saturated heterocycles. The van der Waals surface area contributed by atoms with Crippen molar-refractivity contribution in [2.24, 2.45) is 11.8 Å². The largest absolute Gasteiger partial charge is 0.481 e. The predicted molar refractivity (Wildman–Crippen MR) is 75.6 cm³/mol. The van der Waals surface area contributed by atoms with Gasteiger partial charge in [-0.2, -0.15) is 0 Å². The molecule has 2 amide bonds. The standard InChI is InChI=1S/C14H26N2O4/c1-11(2)9-16(7-8-20-3)14(19)15-6-4-5-12(10-15)13(17)18/h11-12H,4-10H2,1-3H3,(H,17,18). The molecule has 0 spiro atoms. The lowest BCUT2D eigenvalue weighted by Crippen LogP contribution is -2.50. The molecule has 0 bridgehead atoms. The van der Waals surface area contributed by atoms with E-state index in [2.05, 4.69) is 13.8 Å². The number of carboxylic acids is 1. The fourth-order valence-corrected chi connectivity index (χ4v) is 2.46. The van der Waals surface area contributed by atoms with Crippen LogP contribution in [0.15, 0.2) is 0 Å². The second-order valence-corrected chi connectivity index (χ2v) is 5.74. The van der Waals surface area contributed by atoms with E-state index in [1.807, 2.05) is 0 Å². The molecule has 20 heavy (non-hydrogen) atoms. The van der Waals surface area contributed by atoms with Crippen LogP contribution in [0.2, 0.25) is 0 Å². The Kier molecular flexibility index (Phi) is 6.78. The van der Waals surface area contributed by atoms with Crippen LogP contribution in [-0.2, 0) is 9.53 Å². The van der Waals surface area contributed by atoms with Gasteiger partial charge in [0.2, 0.25) is 0 Å². The number of carbonyl (C=O) groups excluding carboxylic acids is 1. The number of aliphatic carboxylic acids is 1. The molecule has 1 rings (SSSR count). The van der Waals surface area contributed by atoms with Crippen molar-refractivity contribution in [3.05, 3.63) is 0 Å². The number of methoxy groups -OCH3 is 1. The van der Waals surface area contributed by atoms with Gasteiger partial charge in [-0.1, -0.05) is 13.8 Å². The summed E-state index contributed by atoms with van der Waals surface area (Å²) in [6.45, 7) is 6.78. The zero-order chi connectivity index (χ0) is 15.1. The van der Waals surface area contributed by atoms with Crippen LogP contribution in [0.4, 0.5) is 4.79 Å². The van der Waals surface area contributed by atoms with Crippen molar-refractivity contribution in [1.29, 1.82) is 0 Å². The number of nitrogens with zero attached hydrogens (tertiary/aromatic N) is 2. The molecule has 1 heterocycles. The maximum absolute atomic E-state index is 12.5. The van der Waals surface area contributed by atoms with E-state index in [0.29, 0.717) is 45.1 Å². The molecule has 1 atom stereocenters. The molecule has 1 fully saturated rings. The zero-order valence-corrected chi connectivity index (χ0v) is 12.7. The molecule has 0 aromatic carbocycles. The quantitative estimate of drug-likeness (QED) is 0.803. The molecule has 0 saturated carbocycles. The van der Waals surface area contributed by atoms with Crippen molar-refractivity contribution in [2.75, 3.05) is 39.9 Å². The van der Waals surface area contributed by atoms with Gasteiger partial charge in [0, 0.05) is 33.3 Å². The van der Waals surface area contributed by atoms with Gasteiger partial charge in [-0.25, -0.2) is 4.79 Å². The number of carboxylic acid groups (broad SMARTS) is 1. The van der Waals surface area contributed by atoms with E-state index >= 15 is 0 Å². The van der Waals surface area contributed by atoms with E-state index in [4.69, 9.17) is 9.84 Å². The van der Waals surface area contributed by atoms with Gasteiger partial charge in [-0.05, 0) is 18.8 Å². The van der Waals surface area contributed by atoms with E-state index < -0.39 is 11.9 Å². The van der Waals surface area contributed by atoms with Crippen LogP contribution < -0.4 is 0 Å². The summed E-state index contributed by atoms with van der Waals surface area (Å²) < 4.78 is 5.04. The Labute approximate surface area is 120 Å². The first-order chi connectivity index (χ1) is 9.45. The van der Waals surface area contributed by atoms with E-state index in [1.54, 1.807) is 16.9 Å². The molecule has 0 aliphatic carbocycles. The van der Waals surface area contributed by atoms with Gasteiger partial charge < -0.3 is 19.6 Å².